The average Bonchev–Trinajstić information content (AvgIpc) is 2.85. The smallest absolute Gasteiger partial charge is 0.0547 e. The van der Waals surface area contributed by atoms with Gasteiger partial charge in [0.1, 0.15) is 0 Å². The average molecular weight is 219 g/mol. The lowest BCUT2D eigenvalue weighted by Gasteiger charge is -2.51. The third-order valence-corrected chi connectivity index (χ3v) is 6.02. The van der Waals surface area contributed by atoms with Crippen LogP contribution in [0.1, 0.15) is 58.3 Å². The van der Waals surface area contributed by atoms with Gasteiger partial charge in [-0.2, -0.15) is 0 Å². The van der Waals surface area contributed by atoms with Crippen molar-refractivity contribution in [3.63, 3.8) is 0 Å². The third-order valence-electron chi connectivity index (χ3n) is 6.02. The van der Waals surface area contributed by atoms with Crippen molar-refractivity contribution in [2.45, 2.75) is 63.8 Å². The van der Waals surface area contributed by atoms with Gasteiger partial charge in [-0.05, 0) is 54.9 Å². The molecule has 3 rings (SSSR count). The second-order valence-electron chi connectivity index (χ2n) is 6.26. The molecule has 0 aromatic rings. The van der Waals surface area contributed by atoms with E-state index in [1.165, 1.54) is 51.4 Å². The van der Waals surface area contributed by atoms with E-state index < -0.39 is 0 Å². The van der Waals surface area contributed by atoms with Gasteiger partial charge < -0.3 is 0 Å². The monoisotopic (exact) mass is 219 g/mol. The summed E-state index contributed by atoms with van der Waals surface area (Å²) in [6, 6.07) is 0. The van der Waals surface area contributed by atoms with Crippen LogP contribution in [0.25, 0.3) is 10.4 Å². The highest BCUT2D eigenvalue weighted by Crippen LogP contribution is 2.68. The van der Waals surface area contributed by atoms with Crippen LogP contribution in [0.3, 0.4) is 0 Å². The van der Waals surface area contributed by atoms with Gasteiger partial charge in [0.05, 0.1) is 5.54 Å². The summed E-state index contributed by atoms with van der Waals surface area (Å²) in [7, 11) is 0. The van der Waals surface area contributed by atoms with Crippen LogP contribution in [0, 0.1) is 17.3 Å². The van der Waals surface area contributed by atoms with Crippen molar-refractivity contribution in [1.82, 2.24) is 0 Å². The second-order valence-corrected chi connectivity index (χ2v) is 6.26. The molecule has 3 atom stereocenters. The molecule has 0 radical (unpaired) electrons. The summed E-state index contributed by atoms with van der Waals surface area (Å²) in [4.78, 5) is 3.18. The number of azide groups is 1. The number of nitrogens with zero attached hydrogens (tertiary/aromatic N) is 3. The summed E-state index contributed by atoms with van der Waals surface area (Å²) in [5.74, 6) is 1.53. The third kappa shape index (κ3) is 1.08. The lowest BCUT2D eigenvalue weighted by Crippen LogP contribution is -2.50. The summed E-state index contributed by atoms with van der Waals surface area (Å²) in [6.45, 7) is 2.25. The first-order valence-corrected chi connectivity index (χ1v) is 6.79. The Morgan fingerprint density at radius 2 is 1.81 bits per heavy atom. The summed E-state index contributed by atoms with van der Waals surface area (Å²) in [6.07, 6.45) is 10.7. The number of rotatable bonds is 1. The Bertz CT molecular complexity index is 339. The lowest BCUT2D eigenvalue weighted by molar-refractivity contribution is 0.0206. The van der Waals surface area contributed by atoms with Crippen LogP contribution in [0.15, 0.2) is 5.11 Å². The zero-order chi connectivity index (χ0) is 11.2. The summed E-state index contributed by atoms with van der Waals surface area (Å²) in [5.41, 5.74) is 9.20. The van der Waals surface area contributed by atoms with Crippen LogP contribution in [0.4, 0.5) is 0 Å². The first-order valence-electron chi connectivity index (χ1n) is 6.79. The summed E-state index contributed by atoms with van der Waals surface area (Å²) in [5, 5.41) is 4.30. The first-order chi connectivity index (χ1) is 7.73. The fourth-order valence-electron chi connectivity index (χ4n) is 5.18. The number of hydrogen-bond donors (Lipinski definition) is 0. The minimum atomic E-state index is -0.0644. The van der Waals surface area contributed by atoms with Crippen LogP contribution in [0.2, 0.25) is 0 Å². The zero-order valence-corrected chi connectivity index (χ0v) is 10.2. The van der Waals surface area contributed by atoms with E-state index in [9.17, 15) is 0 Å². The molecular weight excluding hydrogens is 198 g/mol. The number of fused-ring (bicyclic) bond motifs is 3. The quantitative estimate of drug-likeness (QED) is 0.356. The van der Waals surface area contributed by atoms with Crippen molar-refractivity contribution in [2.75, 3.05) is 0 Å². The Balaban J connectivity index is 2.03. The first kappa shape index (κ1) is 10.5. The molecule has 0 amide bonds. The van der Waals surface area contributed by atoms with E-state index in [-0.39, 0.29) is 5.54 Å². The molecule has 3 heteroatoms. The van der Waals surface area contributed by atoms with Crippen molar-refractivity contribution < 1.29 is 0 Å². The standard InChI is InChI=1S/C13H21N3/c1-12(15-16-14)10-5-6-11(9-10)13(12)7-3-2-4-8-13/h10-11H,2-9H2,1H3. The Hall–Kier alpha value is -0.690. The van der Waals surface area contributed by atoms with Crippen molar-refractivity contribution >= 4 is 0 Å². The molecule has 0 aromatic heterocycles. The van der Waals surface area contributed by atoms with E-state index in [1.54, 1.807) is 0 Å². The van der Waals surface area contributed by atoms with E-state index in [1.807, 2.05) is 0 Å². The van der Waals surface area contributed by atoms with Gasteiger partial charge in [0.2, 0.25) is 0 Å². The lowest BCUT2D eigenvalue weighted by atomic mass is 9.56. The predicted molar refractivity (Wildman–Crippen MR) is 63.9 cm³/mol. The molecule has 3 aliphatic carbocycles. The Labute approximate surface area is 97.2 Å². The van der Waals surface area contributed by atoms with Crippen LogP contribution >= 0.6 is 0 Å². The van der Waals surface area contributed by atoms with Gasteiger partial charge in [-0.15, -0.1) is 0 Å². The SMILES string of the molecule is CC1(N=[N+]=[N-])C2CCC(C2)C12CCCCC2. The number of hydrogen-bond acceptors (Lipinski definition) is 1. The van der Waals surface area contributed by atoms with Crippen LogP contribution in [-0.4, -0.2) is 5.54 Å². The van der Waals surface area contributed by atoms with Gasteiger partial charge in [0, 0.05) is 4.91 Å². The molecule has 0 aromatic carbocycles. The molecule has 3 nitrogen and oxygen atoms in total. The zero-order valence-electron chi connectivity index (χ0n) is 10.2. The minimum Gasteiger partial charge on any atom is -0.0867 e. The van der Waals surface area contributed by atoms with Gasteiger partial charge >= 0.3 is 0 Å². The molecule has 0 heterocycles. The second kappa shape index (κ2) is 3.40. The van der Waals surface area contributed by atoms with Crippen molar-refractivity contribution in [1.29, 1.82) is 0 Å². The fourth-order valence-corrected chi connectivity index (χ4v) is 5.18. The van der Waals surface area contributed by atoms with E-state index in [2.05, 4.69) is 16.9 Å². The minimum absolute atomic E-state index is 0.0644. The van der Waals surface area contributed by atoms with Gasteiger partial charge in [-0.3, -0.25) is 0 Å². The highest BCUT2D eigenvalue weighted by atomic mass is 15.2. The van der Waals surface area contributed by atoms with E-state index in [4.69, 9.17) is 5.53 Å². The molecule has 88 valence electrons. The fraction of sp³-hybridized carbons (Fsp3) is 1.00. The van der Waals surface area contributed by atoms with Gasteiger partial charge in [0.15, 0.2) is 0 Å². The van der Waals surface area contributed by atoms with E-state index in [0.29, 0.717) is 11.3 Å². The van der Waals surface area contributed by atoms with Crippen LogP contribution < -0.4 is 0 Å². The molecule has 16 heavy (non-hydrogen) atoms. The van der Waals surface area contributed by atoms with Crippen molar-refractivity contribution in [2.24, 2.45) is 22.4 Å². The molecular formula is C13H21N3. The summed E-state index contributed by atoms with van der Waals surface area (Å²) >= 11 is 0. The Morgan fingerprint density at radius 1 is 1.12 bits per heavy atom. The molecule has 0 aliphatic heterocycles. The van der Waals surface area contributed by atoms with Crippen molar-refractivity contribution in [3.05, 3.63) is 10.4 Å². The summed E-state index contributed by atoms with van der Waals surface area (Å²) < 4.78 is 0. The van der Waals surface area contributed by atoms with Gasteiger partial charge in [-0.25, -0.2) is 0 Å². The predicted octanol–water partition coefficient (Wildman–Crippen LogP) is 4.44. The van der Waals surface area contributed by atoms with Gasteiger partial charge in [0.25, 0.3) is 0 Å². The maximum atomic E-state index is 8.89. The molecule has 3 saturated carbocycles. The Kier molecular flexibility index (Phi) is 2.22. The molecule has 0 saturated heterocycles. The topological polar surface area (TPSA) is 48.8 Å². The van der Waals surface area contributed by atoms with Crippen LogP contribution in [-0.2, 0) is 0 Å². The normalized spacial score (nSPS) is 44.6. The van der Waals surface area contributed by atoms with E-state index >= 15 is 0 Å². The van der Waals surface area contributed by atoms with Crippen molar-refractivity contribution in [3.8, 4) is 0 Å². The highest BCUT2D eigenvalue weighted by molar-refractivity contribution is 5.18. The molecule has 3 aliphatic rings. The van der Waals surface area contributed by atoms with Gasteiger partial charge in [-0.1, -0.05) is 31.3 Å². The molecule has 1 spiro atoms. The Morgan fingerprint density at radius 3 is 2.50 bits per heavy atom. The molecule has 0 N–H and O–H groups in total. The largest absolute Gasteiger partial charge is 0.0867 e. The molecule has 3 fully saturated rings. The molecule has 3 unspecified atom stereocenters. The maximum Gasteiger partial charge on any atom is 0.0547 e. The highest BCUT2D eigenvalue weighted by Gasteiger charge is 2.64. The molecule has 2 bridgehead atoms. The van der Waals surface area contributed by atoms with E-state index in [0.717, 1.165) is 5.92 Å². The maximum absolute atomic E-state index is 8.89. The van der Waals surface area contributed by atoms with Crippen LogP contribution in [0.5, 0.6) is 0 Å².